The minimum absolute atomic E-state index is 0.179. The molecule has 4 N–H and O–H groups in total. The first-order valence-electron chi connectivity index (χ1n) is 9.87. The van der Waals surface area contributed by atoms with E-state index in [1.165, 1.54) is 0 Å². The summed E-state index contributed by atoms with van der Waals surface area (Å²) in [5.74, 6) is 1.70. The lowest BCUT2D eigenvalue weighted by Gasteiger charge is -2.26. The van der Waals surface area contributed by atoms with Crippen molar-refractivity contribution in [3.8, 4) is 22.8 Å². The molecule has 0 bridgehead atoms. The Bertz CT molecular complexity index is 982. The summed E-state index contributed by atoms with van der Waals surface area (Å²) in [5, 5.41) is 11.4. The van der Waals surface area contributed by atoms with Crippen LogP contribution in [0, 0.1) is 0 Å². The molecule has 1 aliphatic heterocycles. The summed E-state index contributed by atoms with van der Waals surface area (Å²) in [6.45, 7) is 4.54. The van der Waals surface area contributed by atoms with Crippen LogP contribution in [0.4, 0.5) is 5.82 Å². The van der Waals surface area contributed by atoms with Crippen molar-refractivity contribution >= 4 is 11.7 Å². The molecule has 0 radical (unpaired) electrons. The van der Waals surface area contributed by atoms with Gasteiger partial charge < -0.3 is 21.1 Å². The van der Waals surface area contributed by atoms with E-state index in [-0.39, 0.29) is 6.04 Å². The van der Waals surface area contributed by atoms with E-state index in [4.69, 9.17) is 15.6 Å². The van der Waals surface area contributed by atoms with Crippen molar-refractivity contribution in [2.24, 2.45) is 5.73 Å². The summed E-state index contributed by atoms with van der Waals surface area (Å²) < 4.78 is 7.75. The Balaban J connectivity index is 1.65. The molecule has 3 aromatic rings. The van der Waals surface area contributed by atoms with Crippen molar-refractivity contribution in [3.63, 3.8) is 0 Å². The van der Waals surface area contributed by atoms with Crippen molar-refractivity contribution in [2.75, 3.05) is 25.0 Å². The number of hydrogen-bond donors (Lipinski definition) is 3. The molecule has 150 valence electrons. The number of hydrogen-bond acceptors (Lipinski definition) is 5. The smallest absolute Gasteiger partial charge is 0.254 e. The van der Waals surface area contributed by atoms with Gasteiger partial charge in [0.2, 0.25) is 0 Å². The van der Waals surface area contributed by atoms with Gasteiger partial charge in [-0.05, 0) is 49.4 Å². The molecular formula is C22H25N5O2. The largest absolute Gasteiger partial charge is 0.457 e. The van der Waals surface area contributed by atoms with Gasteiger partial charge in [-0.3, -0.25) is 4.79 Å². The second-order valence-electron chi connectivity index (χ2n) is 7.00. The monoisotopic (exact) mass is 391 g/mol. The van der Waals surface area contributed by atoms with E-state index in [2.05, 4.69) is 17.6 Å². The molecule has 7 nitrogen and oxygen atoms in total. The van der Waals surface area contributed by atoms with Crippen molar-refractivity contribution in [2.45, 2.75) is 19.4 Å². The average Bonchev–Trinajstić information content (AvgIpc) is 3.14. The van der Waals surface area contributed by atoms with E-state index in [1.807, 2.05) is 59.3 Å². The van der Waals surface area contributed by atoms with Gasteiger partial charge in [0.15, 0.2) is 0 Å². The number of nitrogens with two attached hydrogens (primary N) is 1. The maximum Gasteiger partial charge on any atom is 0.254 e. The molecule has 1 atom stereocenters. The second-order valence-corrected chi connectivity index (χ2v) is 7.00. The van der Waals surface area contributed by atoms with Crippen molar-refractivity contribution in [1.29, 1.82) is 0 Å². The molecule has 4 rings (SSSR count). The number of amides is 1. The number of rotatable bonds is 7. The first-order chi connectivity index (χ1) is 14.2. The molecule has 2 heterocycles. The highest BCUT2D eigenvalue weighted by atomic mass is 16.5. The highest BCUT2D eigenvalue weighted by molar-refractivity contribution is 6.03. The molecule has 0 spiro atoms. The number of carbonyl (C=O) groups is 1. The van der Waals surface area contributed by atoms with Crippen LogP contribution >= 0.6 is 0 Å². The number of benzene rings is 2. The van der Waals surface area contributed by atoms with Gasteiger partial charge in [-0.1, -0.05) is 25.1 Å². The van der Waals surface area contributed by atoms with E-state index in [0.717, 1.165) is 37.4 Å². The first-order valence-corrected chi connectivity index (χ1v) is 9.87. The van der Waals surface area contributed by atoms with Crippen LogP contribution in [0.3, 0.4) is 0 Å². The fraction of sp³-hybridized carbons (Fsp3) is 0.273. The van der Waals surface area contributed by atoms with Crippen LogP contribution in [0.5, 0.6) is 11.5 Å². The maximum absolute atomic E-state index is 12.2. The highest BCUT2D eigenvalue weighted by Gasteiger charge is 2.29. The van der Waals surface area contributed by atoms with E-state index >= 15 is 0 Å². The fourth-order valence-electron chi connectivity index (χ4n) is 3.59. The third kappa shape index (κ3) is 3.95. The zero-order valence-electron chi connectivity index (χ0n) is 16.4. The zero-order valence-corrected chi connectivity index (χ0v) is 16.4. The lowest BCUT2D eigenvalue weighted by atomic mass is 10.1. The third-order valence-corrected chi connectivity index (χ3v) is 5.01. The highest BCUT2D eigenvalue weighted by Crippen LogP contribution is 2.34. The molecule has 0 saturated heterocycles. The number of primary amides is 1. The lowest BCUT2D eigenvalue weighted by Crippen LogP contribution is -2.32. The van der Waals surface area contributed by atoms with Crippen molar-refractivity contribution in [3.05, 3.63) is 60.2 Å². The molecule has 0 aliphatic carbocycles. The minimum Gasteiger partial charge on any atom is -0.457 e. The number of carbonyl (C=O) groups excluding carboxylic acids is 1. The number of aromatic nitrogens is 2. The van der Waals surface area contributed by atoms with Crippen LogP contribution in [0.1, 0.15) is 29.7 Å². The Morgan fingerprint density at radius 3 is 2.62 bits per heavy atom. The van der Waals surface area contributed by atoms with E-state index in [1.54, 1.807) is 0 Å². The van der Waals surface area contributed by atoms with Crippen molar-refractivity contribution in [1.82, 2.24) is 15.1 Å². The third-order valence-electron chi connectivity index (χ3n) is 5.01. The topological polar surface area (TPSA) is 94.2 Å². The molecule has 29 heavy (non-hydrogen) atoms. The lowest BCUT2D eigenvalue weighted by molar-refractivity contribution is 0.100. The number of ether oxygens (including phenoxy) is 1. The number of para-hydroxylation sites is 1. The summed E-state index contributed by atoms with van der Waals surface area (Å²) in [4.78, 5) is 12.2. The van der Waals surface area contributed by atoms with Gasteiger partial charge in [0, 0.05) is 18.7 Å². The first kappa shape index (κ1) is 19.0. The Morgan fingerprint density at radius 1 is 1.21 bits per heavy atom. The van der Waals surface area contributed by atoms with Gasteiger partial charge in [0.25, 0.3) is 5.91 Å². The Morgan fingerprint density at radius 2 is 1.93 bits per heavy atom. The van der Waals surface area contributed by atoms with Crippen LogP contribution in [0.2, 0.25) is 0 Å². The summed E-state index contributed by atoms with van der Waals surface area (Å²) in [6, 6.07) is 17.3. The van der Waals surface area contributed by atoms with Gasteiger partial charge in [-0.2, -0.15) is 5.10 Å². The SMILES string of the molecule is CCNCC1CCNc2c(C(N)=O)c(-c3ccc(Oc4ccccc4)cc3)nn21. The quantitative estimate of drug-likeness (QED) is 0.574. The number of likely N-dealkylation sites (N-methyl/N-ethyl adjacent to an activating group) is 1. The predicted molar refractivity (Wildman–Crippen MR) is 113 cm³/mol. The van der Waals surface area contributed by atoms with Gasteiger partial charge >= 0.3 is 0 Å². The molecule has 1 aliphatic rings. The van der Waals surface area contributed by atoms with Gasteiger partial charge in [0.05, 0.1) is 6.04 Å². The second kappa shape index (κ2) is 8.36. The van der Waals surface area contributed by atoms with Crippen LogP contribution in [0.25, 0.3) is 11.3 Å². The molecule has 2 aromatic carbocycles. The van der Waals surface area contributed by atoms with E-state index < -0.39 is 5.91 Å². The molecule has 0 fully saturated rings. The fourth-order valence-corrected chi connectivity index (χ4v) is 3.59. The Hall–Kier alpha value is -3.32. The van der Waals surface area contributed by atoms with Gasteiger partial charge in [-0.15, -0.1) is 0 Å². The Kier molecular flexibility index (Phi) is 5.48. The number of anilines is 1. The van der Waals surface area contributed by atoms with E-state index in [0.29, 0.717) is 22.8 Å². The summed E-state index contributed by atoms with van der Waals surface area (Å²) >= 11 is 0. The van der Waals surface area contributed by atoms with Gasteiger partial charge in [0.1, 0.15) is 28.6 Å². The maximum atomic E-state index is 12.2. The molecule has 7 heteroatoms. The van der Waals surface area contributed by atoms with Crippen LogP contribution in [-0.4, -0.2) is 35.3 Å². The van der Waals surface area contributed by atoms with Gasteiger partial charge in [-0.25, -0.2) is 4.68 Å². The summed E-state index contributed by atoms with van der Waals surface area (Å²) in [6.07, 6.45) is 0.934. The van der Waals surface area contributed by atoms with Crippen molar-refractivity contribution < 1.29 is 9.53 Å². The van der Waals surface area contributed by atoms with Crippen LogP contribution in [0.15, 0.2) is 54.6 Å². The molecule has 1 unspecified atom stereocenters. The van der Waals surface area contributed by atoms with Crippen LogP contribution < -0.4 is 21.1 Å². The molecule has 0 saturated carbocycles. The predicted octanol–water partition coefficient (Wildman–Crippen LogP) is 3.41. The van der Waals surface area contributed by atoms with Crippen LogP contribution in [-0.2, 0) is 0 Å². The number of nitrogens with zero attached hydrogens (tertiary/aromatic N) is 2. The zero-order chi connectivity index (χ0) is 20.2. The summed E-state index contributed by atoms with van der Waals surface area (Å²) in [5.41, 5.74) is 7.58. The molecule has 1 aromatic heterocycles. The number of fused-ring (bicyclic) bond motifs is 1. The minimum atomic E-state index is -0.484. The number of nitrogens with one attached hydrogen (secondary N) is 2. The summed E-state index contributed by atoms with van der Waals surface area (Å²) in [7, 11) is 0. The average molecular weight is 391 g/mol. The standard InChI is InChI=1S/C22H25N5O2/c1-2-24-14-16-12-13-25-22-19(21(23)28)20(26-27(16)22)15-8-10-18(11-9-15)29-17-6-4-3-5-7-17/h3-11,16,24-25H,2,12-14H2,1H3,(H2,23,28). The van der Waals surface area contributed by atoms with E-state index in [9.17, 15) is 4.79 Å². The molecule has 1 amide bonds. The molecular weight excluding hydrogens is 366 g/mol. The Labute approximate surface area is 169 Å². The normalized spacial score (nSPS) is 15.4.